The monoisotopic (exact) mass is 380 g/mol. The summed E-state index contributed by atoms with van der Waals surface area (Å²) < 4.78 is 10.0. The van der Waals surface area contributed by atoms with Crippen LogP contribution in [0.1, 0.15) is 32.6 Å². The van der Waals surface area contributed by atoms with E-state index >= 15 is 0 Å². The highest BCUT2D eigenvalue weighted by molar-refractivity contribution is 7.99. The summed E-state index contributed by atoms with van der Waals surface area (Å²) in [5, 5.41) is 3.14. The van der Waals surface area contributed by atoms with Crippen LogP contribution in [-0.2, 0) is 9.47 Å². The highest BCUT2D eigenvalue weighted by atomic mass is 32.2. The lowest BCUT2D eigenvalue weighted by molar-refractivity contribution is 0.0531. The number of hydrogen-bond donors (Lipinski definition) is 1. The van der Waals surface area contributed by atoms with E-state index in [1.54, 1.807) is 38.8 Å². The molecule has 0 spiro atoms. The van der Waals surface area contributed by atoms with Crippen molar-refractivity contribution in [3.63, 3.8) is 0 Å². The minimum atomic E-state index is -0.423. The zero-order valence-corrected chi connectivity index (χ0v) is 16.0. The van der Waals surface area contributed by atoms with E-state index in [-0.39, 0.29) is 5.91 Å². The summed E-state index contributed by atoms with van der Waals surface area (Å²) in [7, 11) is 1.64. The topological polar surface area (TPSA) is 77.5 Å². The minimum absolute atomic E-state index is 0.260. The lowest BCUT2D eigenvalue weighted by atomic mass is 10.2. The van der Waals surface area contributed by atoms with E-state index in [0.29, 0.717) is 34.5 Å². The fraction of sp³-hybridized carbons (Fsp3) is 0.353. The number of rotatable bonds is 8. The average Bonchev–Trinajstić information content (AvgIpc) is 2.96. The van der Waals surface area contributed by atoms with Gasteiger partial charge in [-0.3, -0.25) is 10.1 Å². The number of benzene rings is 1. The lowest BCUT2D eigenvalue weighted by Gasteiger charge is -2.08. The van der Waals surface area contributed by atoms with Gasteiger partial charge in [-0.05, 0) is 26.0 Å². The van der Waals surface area contributed by atoms with Crippen LogP contribution in [0.15, 0.2) is 29.2 Å². The second-order valence-corrected chi connectivity index (χ2v) is 7.08. The first-order chi connectivity index (χ1) is 12.1. The maximum absolute atomic E-state index is 12.6. The smallest absolute Gasteiger partial charge is 0.350 e. The van der Waals surface area contributed by atoms with Gasteiger partial charge >= 0.3 is 5.97 Å². The summed E-state index contributed by atoms with van der Waals surface area (Å²) in [5.74, 6) is 0.0719. The standard InChI is InChI=1S/C17H20N2O4S2/c1-4-23-16(21)14-11(2)18-17(25-14)19-15(20)12-7-5-6-8-13(12)24-10-9-22-3/h5-8H,4,9-10H2,1-3H3,(H,18,19,20). The highest BCUT2D eigenvalue weighted by Crippen LogP contribution is 2.26. The van der Waals surface area contributed by atoms with Crippen LogP contribution in [0.25, 0.3) is 0 Å². The number of carbonyl (C=O) groups is 2. The van der Waals surface area contributed by atoms with Gasteiger partial charge in [0.25, 0.3) is 5.91 Å². The van der Waals surface area contributed by atoms with Gasteiger partial charge in [-0.15, -0.1) is 11.8 Å². The van der Waals surface area contributed by atoms with E-state index < -0.39 is 5.97 Å². The van der Waals surface area contributed by atoms with Gasteiger partial charge < -0.3 is 9.47 Å². The molecular weight excluding hydrogens is 360 g/mol. The molecule has 1 aromatic carbocycles. The second kappa shape index (κ2) is 9.55. The Morgan fingerprint density at radius 2 is 2.08 bits per heavy atom. The van der Waals surface area contributed by atoms with Crippen LogP contribution in [0.5, 0.6) is 0 Å². The molecule has 6 nitrogen and oxygen atoms in total. The third kappa shape index (κ3) is 5.29. The number of hydrogen-bond acceptors (Lipinski definition) is 7. The van der Waals surface area contributed by atoms with Crippen molar-refractivity contribution in [3.05, 3.63) is 40.4 Å². The van der Waals surface area contributed by atoms with E-state index in [2.05, 4.69) is 10.3 Å². The molecule has 8 heteroatoms. The Kier molecular flexibility index (Phi) is 7.42. The number of amides is 1. The molecule has 1 aromatic heterocycles. The molecule has 0 aliphatic carbocycles. The van der Waals surface area contributed by atoms with Crippen molar-refractivity contribution >= 4 is 40.1 Å². The highest BCUT2D eigenvalue weighted by Gasteiger charge is 2.19. The number of esters is 1. The zero-order valence-electron chi connectivity index (χ0n) is 14.3. The van der Waals surface area contributed by atoms with E-state index in [1.165, 1.54) is 0 Å². The molecule has 1 amide bonds. The summed E-state index contributed by atoms with van der Waals surface area (Å²) in [6.45, 7) is 4.36. The Morgan fingerprint density at radius 3 is 2.80 bits per heavy atom. The van der Waals surface area contributed by atoms with Crippen molar-refractivity contribution < 1.29 is 19.1 Å². The Bertz CT molecular complexity index is 746. The van der Waals surface area contributed by atoms with Crippen LogP contribution in [0.4, 0.5) is 5.13 Å². The fourth-order valence-electron chi connectivity index (χ4n) is 2.02. The molecule has 2 aromatic rings. The van der Waals surface area contributed by atoms with Crippen molar-refractivity contribution in [1.82, 2.24) is 4.98 Å². The number of thiazole rings is 1. The zero-order chi connectivity index (χ0) is 18.2. The third-order valence-corrected chi connectivity index (χ3v) is 5.25. The largest absolute Gasteiger partial charge is 0.462 e. The first kappa shape index (κ1) is 19.4. The molecule has 25 heavy (non-hydrogen) atoms. The Hall–Kier alpha value is -1.90. The van der Waals surface area contributed by atoms with E-state index in [4.69, 9.17) is 9.47 Å². The second-order valence-electron chi connectivity index (χ2n) is 4.95. The Balaban J connectivity index is 2.12. The van der Waals surface area contributed by atoms with Crippen LogP contribution < -0.4 is 5.32 Å². The molecule has 1 heterocycles. The number of carbonyl (C=O) groups excluding carboxylic acids is 2. The molecule has 0 unspecified atom stereocenters. The molecule has 1 N–H and O–H groups in total. The van der Waals surface area contributed by atoms with Crippen molar-refractivity contribution in [2.24, 2.45) is 0 Å². The molecular formula is C17H20N2O4S2. The van der Waals surface area contributed by atoms with Crippen LogP contribution >= 0.6 is 23.1 Å². The van der Waals surface area contributed by atoms with Crippen molar-refractivity contribution in [1.29, 1.82) is 0 Å². The fourth-order valence-corrected chi connectivity index (χ4v) is 3.83. The van der Waals surface area contributed by atoms with Crippen LogP contribution in [0.3, 0.4) is 0 Å². The normalized spacial score (nSPS) is 10.5. The maximum Gasteiger partial charge on any atom is 0.350 e. The van der Waals surface area contributed by atoms with Crippen molar-refractivity contribution in [2.75, 3.05) is 31.4 Å². The molecule has 2 rings (SSSR count). The predicted molar refractivity (Wildman–Crippen MR) is 99.8 cm³/mol. The molecule has 0 radical (unpaired) electrons. The van der Waals surface area contributed by atoms with E-state index in [9.17, 15) is 9.59 Å². The molecule has 0 saturated carbocycles. The lowest BCUT2D eigenvalue weighted by Crippen LogP contribution is -2.13. The van der Waals surface area contributed by atoms with Gasteiger partial charge in [0.2, 0.25) is 0 Å². The predicted octanol–water partition coefficient (Wildman–Crippen LogP) is 3.62. The first-order valence-corrected chi connectivity index (χ1v) is 9.53. The number of aryl methyl sites for hydroxylation is 1. The summed E-state index contributed by atoms with van der Waals surface area (Å²) in [5.41, 5.74) is 1.11. The number of nitrogens with one attached hydrogen (secondary N) is 1. The van der Waals surface area contributed by atoms with Gasteiger partial charge in [0.05, 0.1) is 24.5 Å². The molecule has 0 aliphatic heterocycles. The van der Waals surface area contributed by atoms with Gasteiger partial charge in [-0.1, -0.05) is 23.5 Å². The average molecular weight is 380 g/mol. The van der Waals surface area contributed by atoms with Crippen LogP contribution in [-0.4, -0.2) is 42.9 Å². The van der Waals surface area contributed by atoms with Crippen LogP contribution in [0, 0.1) is 6.92 Å². The van der Waals surface area contributed by atoms with Gasteiger partial charge in [0.1, 0.15) is 4.88 Å². The first-order valence-electron chi connectivity index (χ1n) is 7.73. The number of thioether (sulfide) groups is 1. The summed E-state index contributed by atoms with van der Waals surface area (Å²) in [6.07, 6.45) is 0. The Labute approximate surface area is 154 Å². The van der Waals surface area contributed by atoms with Crippen molar-refractivity contribution in [2.45, 2.75) is 18.7 Å². The molecule has 0 saturated heterocycles. The minimum Gasteiger partial charge on any atom is -0.462 e. The SMILES string of the molecule is CCOC(=O)c1sc(NC(=O)c2ccccc2SCCOC)nc1C. The summed E-state index contributed by atoms with van der Waals surface area (Å²) >= 11 is 2.67. The van der Waals surface area contributed by atoms with E-state index in [0.717, 1.165) is 22.0 Å². The summed E-state index contributed by atoms with van der Waals surface area (Å²) in [4.78, 5) is 30.0. The van der Waals surface area contributed by atoms with Gasteiger partial charge in [0, 0.05) is 17.8 Å². The summed E-state index contributed by atoms with van der Waals surface area (Å²) in [6, 6.07) is 7.36. The number of nitrogens with zero attached hydrogens (tertiary/aromatic N) is 1. The van der Waals surface area contributed by atoms with Crippen molar-refractivity contribution in [3.8, 4) is 0 Å². The number of aromatic nitrogens is 1. The molecule has 0 bridgehead atoms. The number of methoxy groups -OCH3 is 1. The number of anilines is 1. The maximum atomic E-state index is 12.6. The third-order valence-electron chi connectivity index (χ3n) is 3.15. The molecule has 0 fully saturated rings. The molecule has 0 aliphatic rings. The van der Waals surface area contributed by atoms with Gasteiger partial charge in [-0.25, -0.2) is 9.78 Å². The quantitative estimate of drug-likeness (QED) is 0.428. The van der Waals surface area contributed by atoms with E-state index in [1.807, 2.05) is 18.2 Å². The Morgan fingerprint density at radius 1 is 1.32 bits per heavy atom. The van der Waals surface area contributed by atoms with Gasteiger partial charge in [-0.2, -0.15) is 0 Å². The van der Waals surface area contributed by atoms with Gasteiger partial charge in [0.15, 0.2) is 5.13 Å². The molecule has 0 atom stereocenters. The van der Waals surface area contributed by atoms with Crippen LogP contribution in [0.2, 0.25) is 0 Å². The molecule has 134 valence electrons. The number of ether oxygens (including phenoxy) is 2.